The summed E-state index contributed by atoms with van der Waals surface area (Å²) in [7, 11) is 1.44. The summed E-state index contributed by atoms with van der Waals surface area (Å²) < 4.78 is 9.52. The van der Waals surface area contributed by atoms with Crippen molar-refractivity contribution >= 4 is 34.7 Å². The number of esters is 1. The van der Waals surface area contributed by atoms with Crippen LogP contribution in [0.15, 0.2) is 54.6 Å². The van der Waals surface area contributed by atoms with Crippen LogP contribution in [-0.4, -0.2) is 38.2 Å². The molecule has 0 fully saturated rings. The van der Waals surface area contributed by atoms with Crippen molar-refractivity contribution in [3.05, 3.63) is 76.1 Å². The number of benzene rings is 2. The second-order valence-electron chi connectivity index (χ2n) is 7.72. The molecule has 0 spiro atoms. The lowest BCUT2D eigenvalue weighted by atomic mass is 9.94. The fourth-order valence-electron chi connectivity index (χ4n) is 4.38. The van der Waals surface area contributed by atoms with Crippen molar-refractivity contribution in [3.8, 4) is 0 Å². The number of hydrogen-bond acceptors (Lipinski definition) is 5. The largest absolute Gasteiger partial charge is 0.468 e. The Kier molecular flexibility index (Phi) is 4.64. The summed E-state index contributed by atoms with van der Waals surface area (Å²) >= 11 is 5.80. The summed E-state index contributed by atoms with van der Waals surface area (Å²) in [5, 5.41) is 5.93. The summed E-state index contributed by atoms with van der Waals surface area (Å²) in [6.45, 7) is 3.15. The van der Waals surface area contributed by atoms with E-state index in [0.717, 1.165) is 22.1 Å². The molecule has 1 aliphatic heterocycles. The number of para-hydroxylation sites is 1. The molecular weight excluding hydrogens is 396 g/mol. The quantitative estimate of drug-likeness (QED) is 0.373. The van der Waals surface area contributed by atoms with Crippen LogP contribution in [0.25, 0.3) is 16.6 Å². The van der Waals surface area contributed by atoms with Gasteiger partial charge in [0.1, 0.15) is 6.04 Å². The van der Waals surface area contributed by atoms with Gasteiger partial charge in [-0.1, -0.05) is 42.5 Å². The van der Waals surface area contributed by atoms with Crippen molar-refractivity contribution in [2.75, 3.05) is 7.11 Å². The van der Waals surface area contributed by atoms with E-state index in [-0.39, 0.29) is 12.0 Å². The molecule has 0 aliphatic carbocycles. The third kappa shape index (κ3) is 3.02. The van der Waals surface area contributed by atoms with E-state index >= 15 is 0 Å². The monoisotopic (exact) mass is 418 g/mol. The van der Waals surface area contributed by atoms with Gasteiger partial charge in [-0.05, 0) is 54.4 Å². The molecule has 0 saturated carbocycles. The molecule has 1 atom stereocenters. The van der Waals surface area contributed by atoms with Gasteiger partial charge in [0.2, 0.25) is 4.77 Å². The zero-order valence-electron chi connectivity index (χ0n) is 16.9. The summed E-state index contributed by atoms with van der Waals surface area (Å²) in [6.07, 6.45) is 0.617. The van der Waals surface area contributed by atoms with E-state index < -0.39 is 0 Å². The number of nitrogens with zero attached hydrogens (tertiary/aromatic N) is 4. The summed E-state index contributed by atoms with van der Waals surface area (Å²) in [6, 6.07) is 18.1. The van der Waals surface area contributed by atoms with Gasteiger partial charge < -0.3 is 4.74 Å². The lowest BCUT2D eigenvalue weighted by Gasteiger charge is -2.34. The highest BCUT2D eigenvalue weighted by molar-refractivity contribution is 7.71. The Balaban J connectivity index is 1.59. The predicted octanol–water partition coefficient (Wildman–Crippen LogP) is 3.88. The number of pyridine rings is 1. The Morgan fingerprint density at radius 3 is 2.70 bits per heavy atom. The Morgan fingerprint density at radius 2 is 1.90 bits per heavy atom. The molecule has 2 aromatic carbocycles. The first-order valence-electron chi connectivity index (χ1n) is 9.93. The maximum absolute atomic E-state index is 12.5. The third-order valence-electron chi connectivity index (χ3n) is 5.91. The smallest absolute Gasteiger partial charge is 0.323 e. The molecule has 2 aromatic heterocycles. The minimum Gasteiger partial charge on any atom is -0.468 e. The zero-order valence-corrected chi connectivity index (χ0v) is 17.7. The fraction of sp³-hybridized carbons (Fsp3) is 0.261. The number of ether oxygens (including phenoxy) is 1. The maximum Gasteiger partial charge on any atom is 0.323 e. The van der Waals surface area contributed by atoms with Gasteiger partial charge in [-0.2, -0.15) is 5.10 Å². The average molecular weight is 419 g/mol. The van der Waals surface area contributed by atoms with Gasteiger partial charge in [-0.15, -0.1) is 0 Å². The van der Waals surface area contributed by atoms with Gasteiger partial charge in [0.05, 0.1) is 19.3 Å². The van der Waals surface area contributed by atoms with Crippen molar-refractivity contribution in [2.45, 2.75) is 32.6 Å². The molecule has 152 valence electrons. The fourth-order valence-corrected chi connectivity index (χ4v) is 4.67. The van der Waals surface area contributed by atoms with Crippen LogP contribution in [0, 0.1) is 11.7 Å². The van der Waals surface area contributed by atoms with Crippen molar-refractivity contribution in [2.24, 2.45) is 0 Å². The Labute approximate surface area is 179 Å². The van der Waals surface area contributed by atoms with Crippen LogP contribution in [0.4, 0.5) is 0 Å². The molecule has 0 saturated heterocycles. The van der Waals surface area contributed by atoms with Gasteiger partial charge >= 0.3 is 5.97 Å². The number of fused-ring (bicyclic) bond motifs is 4. The molecule has 5 rings (SSSR count). The Morgan fingerprint density at radius 1 is 1.17 bits per heavy atom. The van der Waals surface area contributed by atoms with Crippen molar-refractivity contribution in [3.63, 3.8) is 0 Å². The molecule has 3 heterocycles. The number of carbonyl (C=O) groups is 1. The van der Waals surface area contributed by atoms with Gasteiger partial charge in [0, 0.05) is 11.9 Å². The molecule has 0 N–H and O–H groups in total. The molecule has 6 nitrogen and oxygen atoms in total. The first-order valence-corrected chi connectivity index (χ1v) is 10.3. The molecule has 7 heteroatoms. The van der Waals surface area contributed by atoms with Gasteiger partial charge in [-0.3, -0.25) is 14.1 Å². The van der Waals surface area contributed by atoms with E-state index in [4.69, 9.17) is 22.1 Å². The molecular formula is C23H22N4O2S. The second-order valence-corrected chi connectivity index (χ2v) is 8.09. The highest BCUT2D eigenvalue weighted by Gasteiger charge is 2.32. The van der Waals surface area contributed by atoms with Crippen LogP contribution < -0.4 is 0 Å². The molecule has 30 heavy (non-hydrogen) atoms. The summed E-state index contributed by atoms with van der Waals surface area (Å²) in [4.78, 5) is 14.6. The van der Waals surface area contributed by atoms with Crippen LogP contribution in [-0.2, 0) is 29.2 Å². The van der Waals surface area contributed by atoms with Gasteiger partial charge in [0.25, 0.3) is 0 Å². The number of aromatic nitrogens is 3. The molecule has 1 unspecified atom stereocenters. The first kappa shape index (κ1) is 19.0. The van der Waals surface area contributed by atoms with Gasteiger partial charge in [-0.25, -0.2) is 4.68 Å². The van der Waals surface area contributed by atoms with Crippen molar-refractivity contribution in [1.29, 1.82) is 0 Å². The Bertz CT molecular complexity index is 1340. The minimum atomic E-state index is -0.366. The topological polar surface area (TPSA) is 51.8 Å². The molecule has 4 aromatic rings. The first-order chi connectivity index (χ1) is 14.6. The van der Waals surface area contributed by atoms with Crippen molar-refractivity contribution < 1.29 is 9.53 Å². The zero-order chi connectivity index (χ0) is 20.8. The minimum absolute atomic E-state index is 0.235. The predicted molar refractivity (Wildman–Crippen MR) is 118 cm³/mol. The normalized spacial score (nSPS) is 16.7. The number of aryl methyl sites for hydroxylation is 1. The van der Waals surface area contributed by atoms with Crippen LogP contribution in [0.5, 0.6) is 0 Å². The SMILES string of the molecule is COC(=O)C1Cc2ccccc2CN1Cn1nc2cc(C)c3ccccc3n2c1=S. The molecule has 0 radical (unpaired) electrons. The van der Waals surface area contributed by atoms with E-state index in [1.54, 1.807) is 4.68 Å². The highest BCUT2D eigenvalue weighted by Crippen LogP contribution is 2.26. The van der Waals surface area contributed by atoms with E-state index in [9.17, 15) is 4.79 Å². The van der Waals surface area contributed by atoms with E-state index in [1.807, 2.05) is 28.7 Å². The van der Waals surface area contributed by atoms with Crippen LogP contribution in [0.1, 0.15) is 16.7 Å². The van der Waals surface area contributed by atoms with Crippen molar-refractivity contribution in [1.82, 2.24) is 19.1 Å². The third-order valence-corrected chi connectivity index (χ3v) is 6.31. The highest BCUT2D eigenvalue weighted by atomic mass is 32.1. The number of hydrogen-bond donors (Lipinski definition) is 0. The van der Waals surface area contributed by atoms with E-state index in [1.165, 1.54) is 18.2 Å². The lowest BCUT2D eigenvalue weighted by Crippen LogP contribution is -2.46. The maximum atomic E-state index is 12.5. The summed E-state index contributed by atoms with van der Waals surface area (Å²) in [5.41, 5.74) is 5.41. The standard InChI is InChI=1S/C23H22N4O2S/c1-15-11-21-24-26(23(30)27(21)19-10-6-5-9-18(15)19)14-25-13-17-8-4-3-7-16(17)12-20(25)22(28)29-2/h3-11,20H,12-14H2,1-2H3. The second kappa shape index (κ2) is 7.34. The lowest BCUT2D eigenvalue weighted by molar-refractivity contribution is -0.148. The van der Waals surface area contributed by atoms with Crippen LogP contribution in [0.3, 0.4) is 0 Å². The Hall–Kier alpha value is -3.03. The van der Waals surface area contributed by atoms with E-state index in [0.29, 0.717) is 24.4 Å². The van der Waals surface area contributed by atoms with Crippen LogP contribution in [0.2, 0.25) is 0 Å². The van der Waals surface area contributed by atoms with Crippen LogP contribution >= 0.6 is 12.2 Å². The summed E-state index contributed by atoms with van der Waals surface area (Å²) in [5.74, 6) is -0.235. The number of methoxy groups -OCH3 is 1. The van der Waals surface area contributed by atoms with Gasteiger partial charge in [0.15, 0.2) is 5.65 Å². The number of carbonyl (C=O) groups excluding carboxylic acids is 1. The molecule has 0 amide bonds. The molecule has 0 bridgehead atoms. The number of rotatable bonds is 3. The average Bonchev–Trinajstić information content (AvgIpc) is 3.07. The molecule has 1 aliphatic rings. The van der Waals surface area contributed by atoms with E-state index in [2.05, 4.69) is 42.2 Å².